The van der Waals surface area contributed by atoms with Crippen molar-refractivity contribution in [2.24, 2.45) is 0 Å². The predicted molar refractivity (Wildman–Crippen MR) is 79.7 cm³/mol. The zero-order valence-corrected chi connectivity index (χ0v) is 11.8. The summed E-state index contributed by atoms with van der Waals surface area (Å²) in [4.78, 5) is 16.3. The summed E-state index contributed by atoms with van der Waals surface area (Å²) < 4.78 is 0. The van der Waals surface area contributed by atoms with Crippen molar-refractivity contribution in [3.05, 3.63) is 42.1 Å². The average molecular weight is 258 g/mol. The van der Waals surface area contributed by atoms with Gasteiger partial charge in [-0.3, -0.25) is 4.79 Å². The number of carbonyl (C=O) groups is 1. The highest BCUT2D eigenvalue weighted by atomic mass is 16.1. The summed E-state index contributed by atoms with van der Waals surface area (Å²) in [5.74, 6) is 0.0626. The van der Waals surface area contributed by atoms with Gasteiger partial charge in [0.1, 0.15) is 0 Å². The van der Waals surface area contributed by atoms with Gasteiger partial charge in [-0.1, -0.05) is 12.1 Å². The second-order valence-electron chi connectivity index (χ2n) is 5.24. The van der Waals surface area contributed by atoms with E-state index in [2.05, 4.69) is 11.0 Å². The minimum absolute atomic E-state index is 0.0626. The first-order valence-corrected chi connectivity index (χ1v) is 6.91. The predicted octanol–water partition coefficient (Wildman–Crippen LogP) is 2.93. The van der Waals surface area contributed by atoms with Crippen molar-refractivity contribution in [2.75, 3.05) is 32.1 Å². The quantitative estimate of drug-likeness (QED) is 0.613. The lowest BCUT2D eigenvalue weighted by molar-refractivity contribution is 0.104. The van der Waals surface area contributed by atoms with Gasteiger partial charge in [0.25, 0.3) is 0 Å². The Bertz CT molecular complexity index is 460. The van der Waals surface area contributed by atoms with Crippen molar-refractivity contribution in [3.8, 4) is 0 Å². The van der Waals surface area contributed by atoms with E-state index in [9.17, 15) is 4.79 Å². The van der Waals surface area contributed by atoms with E-state index in [1.807, 2.05) is 37.2 Å². The van der Waals surface area contributed by atoms with Gasteiger partial charge in [0, 0.05) is 50.7 Å². The highest BCUT2D eigenvalue weighted by molar-refractivity contribution is 6.05. The number of anilines is 1. The summed E-state index contributed by atoms with van der Waals surface area (Å²) in [6.45, 7) is 2.20. The Morgan fingerprint density at radius 2 is 1.95 bits per heavy atom. The topological polar surface area (TPSA) is 23.6 Å². The van der Waals surface area contributed by atoms with E-state index in [0.29, 0.717) is 0 Å². The number of ketones is 1. The molecule has 1 saturated heterocycles. The molecule has 2 rings (SSSR count). The lowest BCUT2D eigenvalue weighted by Gasteiger charge is -2.29. The lowest BCUT2D eigenvalue weighted by Crippen LogP contribution is -2.29. The van der Waals surface area contributed by atoms with Gasteiger partial charge in [0.05, 0.1) is 0 Å². The molecule has 3 heteroatoms. The molecule has 1 aliphatic heterocycles. The molecule has 0 unspecified atom stereocenters. The molecule has 3 nitrogen and oxygen atoms in total. The summed E-state index contributed by atoms with van der Waals surface area (Å²) in [6, 6.07) is 7.96. The van der Waals surface area contributed by atoms with Gasteiger partial charge in [0.2, 0.25) is 0 Å². The summed E-state index contributed by atoms with van der Waals surface area (Å²) in [5.41, 5.74) is 1.94. The van der Waals surface area contributed by atoms with E-state index in [1.165, 1.54) is 24.9 Å². The third kappa shape index (κ3) is 3.85. The van der Waals surface area contributed by atoms with Crippen molar-refractivity contribution >= 4 is 11.5 Å². The molecule has 0 aromatic heterocycles. The van der Waals surface area contributed by atoms with E-state index < -0.39 is 0 Å². The number of hydrogen-bond acceptors (Lipinski definition) is 3. The van der Waals surface area contributed by atoms with Crippen LogP contribution in [0.5, 0.6) is 0 Å². The van der Waals surface area contributed by atoms with Crippen LogP contribution in [-0.4, -0.2) is 37.9 Å². The van der Waals surface area contributed by atoms with Crippen LogP contribution in [0.3, 0.4) is 0 Å². The van der Waals surface area contributed by atoms with Crippen LogP contribution in [0.1, 0.15) is 29.6 Å². The van der Waals surface area contributed by atoms with Crippen LogP contribution in [0, 0.1) is 0 Å². The molecule has 0 spiro atoms. The number of carbonyl (C=O) groups excluding carboxylic acids is 1. The fourth-order valence-corrected chi connectivity index (χ4v) is 2.32. The van der Waals surface area contributed by atoms with Crippen LogP contribution in [0.15, 0.2) is 36.5 Å². The number of allylic oxidation sites excluding steroid dienone is 1. The number of hydrogen-bond donors (Lipinski definition) is 0. The minimum atomic E-state index is 0.0626. The number of piperidine rings is 1. The van der Waals surface area contributed by atoms with Crippen LogP contribution >= 0.6 is 0 Å². The number of nitrogens with zero attached hydrogens (tertiary/aromatic N) is 2. The molecular formula is C16H22N2O. The van der Waals surface area contributed by atoms with Crippen LogP contribution in [0.25, 0.3) is 0 Å². The molecule has 0 aliphatic carbocycles. The van der Waals surface area contributed by atoms with Gasteiger partial charge in [-0.05, 0) is 31.4 Å². The van der Waals surface area contributed by atoms with Crippen molar-refractivity contribution in [2.45, 2.75) is 19.3 Å². The molecule has 1 aromatic carbocycles. The Morgan fingerprint density at radius 1 is 1.21 bits per heavy atom. The van der Waals surface area contributed by atoms with Crippen LogP contribution in [0.2, 0.25) is 0 Å². The first kappa shape index (κ1) is 13.7. The molecule has 0 atom stereocenters. The molecule has 0 saturated carbocycles. The Kier molecular flexibility index (Phi) is 4.61. The van der Waals surface area contributed by atoms with Crippen LogP contribution < -0.4 is 4.90 Å². The largest absolute Gasteiger partial charge is 0.383 e. The molecule has 0 N–H and O–H groups in total. The fraction of sp³-hybridized carbons (Fsp3) is 0.438. The highest BCUT2D eigenvalue weighted by Gasteiger charge is 2.12. The highest BCUT2D eigenvalue weighted by Crippen LogP contribution is 2.21. The van der Waals surface area contributed by atoms with E-state index in [-0.39, 0.29) is 5.78 Å². The summed E-state index contributed by atoms with van der Waals surface area (Å²) in [6.07, 6.45) is 7.23. The number of benzene rings is 1. The average Bonchev–Trinajstić information content (AvgIpc) is 2.46. The second-order valence-corrected chi connectivity index (χ2v) is 5.24. The van der Waals surface area contributed by atoms with Gasteiger partial charge in [-0.15, -0.1) is 0 Å². The zero-order chi connectivity index (χ0) is 13.7. The van der Waals surface area contributed by atoms with Gasteiger partial charge in [-0.2, -0.15) is 0 Å². The van der Waals surface area contributed by atoms with Crippen molar-refractivity contribution in [1.29, 1.82) is 0 Å². The summed E-state index contributed by atoms with van der Waals surface area (Å²) >= 11 is 0. The Balaban J connectivity index is 2.12. The third-order valence-electron chi connectivity index (χ3n) is 3.38. The van der Waals surface area contributed by atoms with Crippen molar-refractivity contribution < 1.29 is 4.79 Å². The van der Waals surface area contributed by atoms with Crippen LogP contribution in [-0.2, 0) is 0 Å². The molecule has 1 heterocycles. The van der Waals surface area contributed by atoms with E-state index in [1.54, 1.807) is 12.3 Å². The van der Waals surface area contributed by atoms with Gasteiger partial charge < -0.3 is 9.80 Å². The Hall–Kier alpha value is -1.77. The second kappa shape index (κ2) is 6.41. The third-order valence-corrected chi connectivity index (χ3v) is 3.38. The molecule has 19 heavy (non-hydrogen) atoms. The molecule has 102 valence electrons. The Morgan fingerprint density at radius 3 is 2.63 bits per heavy atom. The number of rotatable bonds is 4. The first-order chi connectivity index (χ1) is 9.16. The van der Waals surface area contributed by atoms with Crippen molar-refractivity contribution in [3.63, 3.8) is 0 Å². The Labute approximate surface area is 115 Å². The normalized spacial score (nSPS) is 15.8. The summed E-state index contributed by atoms with van der Waals surface area (Å²) in [5, 5.41) is 0. The first-order valence-electron chi connectivity index (χ1n) is 6.91. The smallest absolute Gasteiger partial charge is 0.187 e. The molecule has 1 aliphatic rings. The molecule has 0 radical (unpaired) electrons. The zero-order valence-electron chi connectivity index (χ0n) is 11.8. The van der Waals surface area contributed by atoms with E-state index in [4.69, 9.17) is 0 Å². The van der Waals surface area contributed by atoms with Gasteiger partial charge in [-0.25, -0.2) is 0 Å². The molecule has 1 aromatic rings. The summed E-state index contributed by atoms with van der Waals surface area (Å²) in [7, 11) is 3.82. The lowest BCUT2D eigenvalue weighted by atomic mass is 10.1. The fourth-order valence-electron chi connectivity index (χ4n) is 2.32. The maximum absolute atomic E-state index is 12.1. The minimum Gasteiger partial charge on any atom is -0.383 e. The molecule has 0 bridgehead atoms. The SMILES string of the molecule is CN(C)C=CC(=O)c1cccc(N2CCCCC2)c1. The maximum Gasteiger partial charge on any atom is 0.187 e. The van der Waals surface area contributed by atoms with Gasteiger partial charge in [0.15, 0.2) is 5.78 Å². The van der Waals surface area contributed by atoms with Gasteiger partial charge >= 0.3 is 0 Å². The van der Waals surface area contributed by atoms with Crippen LogP contribution in [0.4, 0.5) is 5.69 Å². The molecular weight excluding hydrogens is 236 g/mol. The maximum atomic E-state index is 12.1. The monoisotopic (exact) mass is 258 g/mol. The van der Waals surface area contributed by atoms with Crippen molar-refractivity contribution in [1.82, 2.24) is 4.90 Å². The molecule has 1 fully saturated rings. The molecule has 0 amide bonds. The van der Waals surface area contributed by atoms with E-state index >= 15 is 0 Å². The standard InChI is InChI=1S/C16H22N2O/c1-17(2)12-9-16(19)14-7-6-8-15(13-14)18-10-4-3-5-11-18/h6-9,12-13H,3-5,10-11H2,1-2H3. The van der Waals surface area contributed by atoms with E-state index in [0.717, 1.165) is 18.7 Å².